The van der Waals surface area contributed by atoms with Gasteiger partial charge in [-0.2, -0.15) is 0 Å². The van der Waals surface area contributed by atoms with E-state index in [1.807, 2.05) is 44.2 Å². The number of rotatable bonds is 3. The third-order valence-electron chi connectivity index (χ3n) is 2.06. The van der Waals surface area contributed by atoms with Gasteiger partial charge in [-0.3, -0.25) is 4.79 Å². The number of carbonyl (C=O) groups is 1. The summed E-state index contributed by atoms with van der Waals surface area (Å²) in [5, 5.41) is 0. The third kappa shape index (κ3) is 2.55. The van der Waals surface area contributed by atoms with Gasteiger partial charge in [0.1, 0.15) is 0 Å². The molecule has 0 N–H and O–H groups in total. The lowest BCUT2D eigenvalue weighted by Crippen LogP contribution is -2.05. The van der Waals surface area contributed by atoms with E-state index in [0.717, 1.165) is 5.56 Å². The zero-order valence-corrected chi connectivity index (χ0v) is 8.03. The Morgan fingerprint density at radius 3 is 2.46 bits per heavy atom. The number of benzene rings is 1. The van der Waals surface area contributed by atoms with Crippen LogP contribution in [-0.2, 0) is 4.79 Å². The van der Waals surface area contributed by atoms with Gasteiger partial charge >= 0.3 is 0 Å². The van der Waals surface area contributed by atoms with Gasteiger partial charge in [-0.1, -0.05) is 43.3 Å². The highest BCUT2D eigenvalue weighted by Crippen LogP contribution is 2.15. The maximum Gasteiger partial charge on any atom is 0.162 e. The average Bonchev–Trinajstić information content (AvgIpc) is 2.18. The topological polar surface area (TPSA) is 17.1 Å². The van der Waals surface area contributed by atoms with Crippen molar-refractivity contribution in [1.29, 1.82) is 0 Å². The normalized spacial score (nSPS) is 13.1. The third-order valence-corrected chi connectivity index (χ3v) is 2.06. The standard InChI is InChI=1S/C12H14O/c1-3-7-12(13)10(2)11-8-5-4-6-9-11/h3-10H,1-2H3/b7-3+. The molecule has 1 aromatic rings. The van der Waals surface area contributed by atoms with Crippen LogP contribution in [0.5, 0.6) is 0 Å². The maximum atomic E-state index is 11.5. The smallest absolute Gasteiger partial charge is 0.162 e. The first-order valence-electron chi connectivity index (χ1n) is 4.47. The fourth-order valence-electron chi connectivity index (χ4n) is 1.21. The molecule has 1 unspecified atom stereocenters. The van der Waals surface area contributed by atoms with E-state index in [2.05, 4.69) is 0 Å². The van der Waals surface area contributed by atoms with Crippen LogP contribution in [0.25, 0.3) is 0 Å². The van der Waals surface area contributed by atoms with Gasteiger partial charge in [-0.15, -0.1) is 0 Å². The Bertz CT molecular complexity index is 298. The Kier molecular flexibility index (Phi) is 3.44. The van der Waals surface area contributed by atoms with Crippen molar-refractivity contribution in [3.05, 3.63) is 48.0 Å². The second kappa shape index (κ2) is 4.61. The predicted octanol–water partition coefficient (Wildman–Crippen LogP) is 2.94. The number of hydrogen-bond donors (Lipinski definition) is 0. The Morgan fingerprint density at radius 1 is 1.31 bits per heavy atom. The Balaban J connectivity index is 2.79. The molecule has 1 heteroatoms. The molecule has 13 heavy (non-hydrogen) atoms. The summed E-state index contributed by atoms with van der Waals surface area (Å²) >= 11 is 0. The van der Waals surface area contributed by atoms with Gasteiger partial charge in [-0.25, -0.2) is 0 Å². The van der Waals surface area contributed by atoms with E-state index in [9.17, 15) is 4.79 Å². The highest BCUT2D eigenvalue weighted by molar-refractivity contribution is 5.94. The molecule has 0 aromatic heterocycles. The molecule has 1 rings (SSSR count). The van der Waals surface area contributed by atoms with Crippen LogP contribution in [0.15, 0.2) is 42.5 Å². The molecule has 0 aliphatic heterocycles. The van der Waals surface area contributed by atoms with Crippen LogP contribution >= 0.6 is 0 Å². The van der Waals surface area contributed by atoms with Crippen LogP contribution in [-0.4, -0.2) is 5.78 Å². The molecule has 0 bridgehead atoms. The van der Waals surface area contributed by atoms with Crippen molar-refractivity contribution in [2.24, 2.45) is 0 Å². The Labute approximate surface area is 79.1 Å². The summed E-state index contributed by atoms with van der Waals surface area (Å²) in [6.07, 6.45) is 3.40. The molecule has 0 amide bonds. The summed E-state index contributed by atoms with van der Waals surface area (Å²) in [7, 11) is 0. The van der Waals surface area contributed by atoms with Crippen molar-refractivity contribution in [2.75, 3.05) is 0 Å². The highest BCUT2D eigenvalue weighted by atomic mass is 16.1. The molecule has 0 saturated carbocycles. The largest absolute Gasteiger partial charge is 0.294 e. The van der Waals surface area contributed by atoms with Crippen molar-refractivity contribution >= 4 is 5.78 Å². The van der Waals surface area contributed by atoms with E-state index in [0.29, 0.717) is 0 Å². The van der Waals surface area contributed by atoms with Crippen LogP contribution in [0.4, 0.5) is 0 Å². The van der Waals surface area contributed by atoms with Crippen LogP contribution in [0.1, 0.15) is 25.3 Å². The zero-order chi connectivity index (χ0) is 9.68. The van der Waals surface area contributed by atoms with Gasteiger partial charge in [0.25, 0.3) is 0 Å². The molecule has 0 spiro atoms. The first-order valence-corrected chi connectivity index (χ1v) is 4.47. The van der Waals surface area contributed by atoms with Gasteiger partial charge < -0.3 is 0 Å². The van der Waals surface area contributed by atoms with E-state index in [-0.39, 0.29) is 11.7 Å². The quantitative estimate of drug-likeness (QED) is 0.644. The molecule has 0 saturated heterocycles. The van der Waals surface area contributed by atoms with Crippen LogP contribution in [0.2, 0.25) is 0 Å². The van der Waals surface area contributed by atoms with Gasteiger partial charge in [-0.05, 0) is 18.6 Å². The Hall–Kier alpha value is -1.37. The second-order valence-corrected chi connectivity index (χ2v) is 3.03. The van der Waals surface area contributed by atoms with Gasteiger partial charge in [0.2, 0.25) is 0 Å². The lowest BCUT2D eigenvalue weighted by molar-refractivity contribution is -0.115. The number of hydrogen-bond acceptors (Lipinski definition) is 1. The lowest BCUT2D eigenvalue weighted by Gasteiger charge is -2.06. The zero-order valence-electron chi connectivity index (χ0n) is 8.03. The molecule has 0 aliphatic rings. The van der Waals surface area contributed by atoms with E-state index in [1.54, 1.807) is 12.2 Å². The van der Waals surface area contributed by atoms with Gasteiger partial charge in [0.05, 0.1) is 0 Å². The summed E-state index contributed by atoms with van der Waals surface area (Å²) in [6, 6.07) is 9.82. The molecule has 0 aliphatic carbocycles. The predicted molar refractivity (Wildman–Crippen MR) is 54.7 cm³/mol. The van der Waals surface area contributed by atoms with Crippen LogP contribution < -0.4 is 0 Å². The summed E-state index contributed by atoms with van der Waals surface area (Å²) < 4.78 is 0. The fraction of sp³-hybridized carbons (Fsp3) is 0.250. The average molecular weight is 174 g/mol. The summed E-state index contributed by atoms with van der Waals surface area (Å²) in [4.78, 5) is 11.5. The minimum absolute atomic E-state index is 0.0302. The molecular weight excluding hydrogens is 160 g/mol. The maximum absolute atomic E-state index is 11.5. The van der Waals surface area contributed by atoms with E-state index in [1.165, 1.54) is 0 Å². The van der Waals surface area contributed by atoms with Crippen molar-refractivity contribution in [2.45, 2.75) is 19.8 Å². The van der Waals surface area contributed by atoms with E-state index >= 15 is 0 Å². The Morgan fingerprint density at radius 2 is 1.92 bits per heavy atom. The second-order valence-electron chi connectivity index (χ2n) is 3.03. The molecule has 1 aromatic carbocycles. The van der Waals surface area contributed by atoms with Crippen molar-refractivity contribution in [3.8, 4) is 0 Å². The SMILES string of the molecule is C/C=C/C(=O)C(C)c1ccccc1. The lowest BCUT2D eigenvalue weighted by atomic mass is 9.97. The van der Waals surface area contributed by atoms with Crippen LogP contribution in [0, 0.1) is 0 Å². The molecule has 1 nitrogen and oxygen atoms in total. The fourth-order valence-corrected chi connectivity index (χ4v) is 1.21. The van der Waals surface area contributed by atoms with Crippen molar-refractivity contribution in [1.82, 2.24) is 0 Å². The number of ketones is 1. The molecule has 0 radical (unpaired) electrons. The van der Waals surface area contributed by atoms with E-state index in [4.69, 9.17) is 0 Å². The first-order chi connectivity index (χ1) is 6.25. The van der Waals surface area contributed by atoms with Crippen molar-refractivity contribution < 1.29 is 4.79 Å². The van der Waals surface area contributed by atoms with E-state index < -0.39 is 0 Å². The summed E-state index contributed by atoms with van der Waals surface area (Å²) in [5.41, 5.74) is 1.07. The van der Waals surface area contributed by atoms with Gasteiger partial charge in [0, 0.05) is 5.92 Å². The minimum Gasteiger partial charge on any atom is -0.294 e. The summed E-state index contributed by atoms with van der Waals surface area (Å²) in [5.74, 6) is 0.131. The van der Waals surface area contributed by atoms with Gasteiger partial charge in [0.15, 0.2) is 5.78 Å². The van der Waals surface area contributed by atoms with Crippen LogP contribution in [0.3, 0.4) is 0 Å². The molecular formula is C12H14O. The monoisotopic (exact) mass is 174 g/mol. The number of allylic oxidation sites excluding steroid dienone is 2. The molecule has 0 heterocycles. The highest BCUT2D eigenvalue weighted by Gasteiger charge is 2.10. The molecule has 0 fully saturated rings. The molecule has 1 atom stereocenters. The minimum atomic E-state index is -0.0302. The molecule has 68 valence electrons. The first kappa shape index (κ1) is 9.72. The summed E-state index contributed by atoms with van der Waals surface area (Å²) in [6.45, 7) is 3.78. The number of carbonyl (C=O) groups excluding carboxylic acids is 1. The van der Waals surface area contributed by atoms with Crippen molar-refractivity contribution in [3.63, 3.8) is 0 Å².